The first kappa shape index (κ1) is 16.0. The van der Waals surface area contributed by atoms with Crippen molar-refractivity contribution < 1.29 is 13.6 Å². The Morgan fingerprint density at radius 1 is 1.08 bits per heavy atom. The van der Waals surface area contributed by atoms with E-state index >= 15 is 0 Å². The highest BCUT2D eigenvalue weighted by Crippen LogP contribution is 2.31. The van der Waals surface area contributed by atoms with Gasteiger partial charge in [-0.3, -0.25) is 4.79 Å². The predicted molar refractivity (Wildman–Crippen MR) is 96.9 cm³/mol. The summed E-state index contributed by atoms with van der Waals surface area (Å²) in [4.78, 5) is 20.9. The van der Waals surface area contributed by atoms with E-state index in [1.807, 2.05) is 11.0 Å². The molecule has 2 aliphatic heterocycles. The number of thioether (sulfide) groups is 1. The average molecular weight is 357 g/mol. The number of para-hydroxylation sites is 1. The molecule has 1 saturated heterocycles. The van der Waals surface area contributed by atoms with Gasteiger partial charge in [-0.15, -0.1) is 0 Å². The van der Waals surface area contributed by atoms with Gasteiger partial charge in [0.2, 0.25) is 0 Å². The van der Waals surface area contributed by atoms with Gasteiger partial charge < -0.3 is 14.2 Å². The number of hydrogen-bond donors (Lipinski definition) is 0. The standard InChI is InChI=1S/C18H16FN3O2S/c19-14-5-1-2-6-15(14)21-7-9-22(10-8-21)18-20-17(23)16(25-18)12-13-4-3-11-24-13/h1-6,11-12H,7-10H2/b16-12+. The van der Waals surface area contributed by atoms with Gasteiger partial charge in [0.05, 0.1) is 16.9 Å². The summed E-state index contributed by atoms with van der Waals surface area (Å²) in [6.07, 6.45) is 3.28. The van der Waals surface area contributed by atoms with Crippen LogP contribution in [0.5, 0.6) is 0 Å². The van der Waals surface area contributed by atoms with Crippen LogP contribution in [0.4, 0.5) is 10.1 Å². The number of carbonyl (C=O) groups is 1. The van der Waals surface area contributed by atoms with Gasteiger partial charge in [-0.2, -0.15) is 4.99 Å². The first-order valence-corrected chi connectivity index (χ1v) is 8.83. The number of hydrogen-bond acceptors (Lipinski definition) is 5. The van der Waals surface area contributed by atoms with Crippen molar-refractivity contribution in [2.75, 3.05) is 31.1 Å². The monoisotopic (exact) mass is 357 g/mol. The third-order valence-electron chi connectivity index (χ3n) is 4.17. The molecule has 2 aliphatic rings. The summed E-state index contributed by atoms with van der Waals surface area (Å²) < 4.78 is 19.2. The molecule has 5 nitrogen and oxygen atoms in total. The molecular formula is C18H16FN3O2S. The Balaban J connectivity index is 1.41. The summed E-state index contributed by atoms with van der Waals surface area (Å²) in [6, 6.07) is 10.4. The SMILES string of the molecule is O=C1N=C(N2CCN(c3ccccc3F)CC2)S/C1=C/c1ccco1. The quantitative estimate of drug-likeness (QED) is 0.773. The largest absolute Gasteiger partial charge is 0.465 e. The van der Waals surface area contributed by atoms with E-state index < -0.39 is 0 Å². The summed E-state index contributed by atoms with van der Waals surface area (Å²) in [5.74, 6) is 0.187. The number of furan rings is 1. The second-order valence-electron chi connectivity index (χ2n) is 5.75. The number of aliphatic imine (C=N–C) groups is 1. The zero-order valence-corrected chi connectivity index (χ0v) is 14.2. The second kappa shape index (κ2) is 6.76. The van der Waals surface area contributed by atoms with Gasteiger partial charge in [-0.1, -0.05) is 12.1 Å². The number of rotatable bonds is 2. The second-order valence-corrected chi connectivity index (χ2v) is 6.76. The highest BCUT2D eigenvalue weighted by atomic mass is 32.2. The fraction of sp³-hybridized carbons (Fsp3) is 0.222. The van der Waals surface area contributed by atoms with Crippen LogP contribution in [-0.2, 0) is 4.79 Å². The minimum atomic E-state index is -0.243. The molecule has 0 aliphatic carbocycles. The lowest BCUT2D eigenvalue weighted by molar-refractivity contribution is -0.113. The molecule has 1 aromatic heterocycles. The molecule has 0 radical (unpaired) electrons. The van der Waals surface area contributed by atoms with E-state index in [0.717, 1.165) is 0 Å². The summed E-state index contributed by atoms with van der Waals surface area (Å²) in [6.45, 7) is 2.76. The van der Waals surface area contributed by atoms with Crippen molar-refractivity contribution in [2.24, 2.45) is 4.99 Å². The summed E-state index contributed by atoms with van der Waals surface area (Å²) in [7, 11) is 0. The van der Waals surface area contributed by atoms with Crippen LogP contribution in [0.25, 0.3) is 6.08 Å². The average Bonchev–Trinajstić information content (AvgIpc) is 3.26. The van der Waals surface area contributed by atoms with Crippen molar-refractivity contribution in [1.29, 1.82) is 0 Å². The van der Waals surface area contributed by atoms with Gasteiger partial charge in [0.15, 0.2) is 5.17 Å². The predicted octanol–water partition coefficient (Wildman–Crippen LogP) is 3.21. The Bertz CT molecular complexity index is 840. The molecule has 2 aromatic rings. The van der Waals surface area contributed by atoms with Crippen molar-refractivity contribution in [3.8, 4) is 0 Å². The highest BCUT2D eigenvalue weighted by Gasteiger charge is 2.29. The molecular weight excluding hydrogens is 341 g/mol. The lowest BCUT2D eigenvalue weighted by Crippen LogP contribution is -2.48. The fourth-order valence-corrected chi connectivity index (χ4v) is 3.83. The third-order valence-corrected chi connectivity index (χ3v) is 5.21. The molecule has 128 valence electrons. The Hall–Kier alpha value is -2.54. The van der Waals surface area contributed by atoms with E-state index in [1.54, 1.807) is 36.6 Å². The van der Waals surface area contributed by atoms with Crippen LogP contribution in [0.2, 0.25) is 0 Å². The van der Waals surface area contributed by atoms with Gasteiger partial charge in [-0.25, -0.2) is 4.39 Å². The zero-order valence-electron chi connectivity index (χ0n) is 13.4. The van der Waals surface area contributed by atoms with E-state index in [0.29, 0.717) is 47.7 Å². The van der Waals surface area contributed by atoms with Crippen molar-refractivity contribution in [1.82, 2.24) is 4.90 Å². The maximum atomic E-state index is 13.9. The maximum Gasteiger partial charge on any atom is 0.286 e. The Labute approximate surface area is 148 Å². The van der Waals surface area contributed by atoms with Crippen molar-refractivity contribution in [3.63, 3.8) is 0 Å². The molecule has 0 bridgehead atoms. The molecule has 1 fully saturated rings. The van der Waals surface area contributed by atoms with E-state index in [2.05, 4.69) is 9.89 Å². The molecule has 0 saturated carbocycles. The fourth-order valence-electron chi connectivity index (χ4n) is 2.88. The Kier molecular flexibility index (Phi) is 4.31. The molecule has 0 unspecified atom stereocenters. The normalized spacial score (nSPS) is 19.6. The molecule has 3 heterocycles. The van der Waals surface area contributed by atoms with Crippen molar-refractivity contribution in [2.45, 2.75) is 0 Å². The van der Waals surface area contributed by atoms with Crippen LogP contribution >= 0.6 is 11.8 Å². The molecule has 7 heteroatoms. The van der Waals surface area contributed by atoms with E-state index in [1.165, 1.54) is 17.8 Å². The molecule has 0 spiro atoms. The molecule has 25 heavy (non-hydrogen) atoms. The highest BCUT2D eigenvalue weighted by molar-refractivity contribution is 8.18. The van der Waals surface area contributed by atoms with Gasteiger partial charge in [-0.05, 0) is 36.0 Å². The smallest absolute Gasteiger partial charge is 0.286 e. The van der Waals surface area contributed by atoms with Crippen LogP contribution < -0.4 is 4.90 Å². The number of amides is 1. The number of nitrogens with zero attached hydrogens (tertiary/aromatic N) is 3. The Morgan fingerprint density at radius 2 is 1.84 bits per heavy atom. The number of piperazine rings is 1. The summed E-state index contributed by atoms with van der Waals surface area (Å²) in [5.41, 5.74) is 0.623. The minimum absolute atomic E-state index is 0.206. The van der Waals surface area contributed by atoms with E-state index in [-0.39, 0.29) is 11.7 Å². The van der Waals surface area contributed by atoms with Gasteiger partial charge in [0, 0.05) is 32.3 Å². The van der Waals surface area contributed by atoms with E-state index in [4.69, 9.17) is 4.42 Å². The van der Waals surface area contributed by atoms with Crippen LogP contribution in [-0.4, -0.2) is 42.2 Å². The molecule has 1 aromatic carbocycles. The summed E-state index contributed by atoms with van der Waals surface area (Å²) >= 11 is 1.36. The molecule has 4 rings (SSSR count). The molecule has 0 N–H and O–H groups in total. The lowest BCUT2D eigenvalue weighted by Gasteiger charge is -2.36. The van der Waals surface area contributed by atoms with Crippen LogP contribution in [0.1, 0.15) is 5.76 Å². The Morgan fingerprint density at radius 3 is 2.56 bits per heavy atom. The maximum absolute atomic E-state index is 13.9. The molecule has 0 atom stereocenters. The van der Waals surface area contributed by atoms with Crippen molar-refractivity contribution >= 4 is 34.6 Å². The van der Waals surface area contributed by atoms with Gasteiger partial charge in [0.1, 0.15) is 11.6 Å². The first-order valence-electron chi connectivity index (χ1n) is 8.01. The number of carbonyl (C=O) groups excluding carboxylic acids is 1. The van der Waals surface area contributed by atoms with Crippen molar-refractivity contribution in [3.05, 3.63) is 59.1 Å². The van der Waals surface area contributed by atoms with Crippen LogP contribution in [0.3, 0.4) is 0 Å². The molecule has 1 amide bonds. The van der Waals surface area contributed by atoms with Gasteiger partial charge in [0.25, 0.3) is 5.91 Å². The van der Waals surface area contributed by atoms with Crippen LogP contribution in [0, 0.1) is 5.82 Å². The zero-order chi connectivity index (χ0) is 17.2. The van der Waals surface area contributed by atoms with Crippen LogP contribution in [0.15, 0.2) is 57.0 Å². The van der Waals surface area contributed by atoms with Gasteiger partial charge >= 0.3 is 0 Å². The number of anilines is 1. The third kappa shape index (κ3) is 3.32. The summed E-state index contributed by atoms with van der Waals surface area (Å²) in [5, 5.41) is 0.705. The number of benzene rings is 1. The first-order chi connectivity index (χ1) is 12.2. The minimum Gasteiger partial charge on any atom is -0.465 e. The van der Waals surface area contributed by atoms with E-state index in [9.17, 15) is 9.18 Å². The topological polar surface area (TPSA) is 49.1 Å². The number of halogens is 1. The lowest BCUT2D eigenvalue weighted by atomic mass is 10.2. The number of amidine groups is 1.